The predicted molar refractivity (Wildman–Crippen MR) is 58.9 cm³/mol. The summed E-state index contributed by atoms with van der Waals surface area (Å²) in [6, 6.07) is 5.36. The van der Waals surface area contributed by atoms with Gasteiger partial charge < -0.3 is 5.11 Å². The molecule has 0 amide bonds. The second-order valence-electron chi connectivity index (χ2n) is 2.61. The third-order valence-corrected chi connectivity index (χ3v) is 2.04. The van der Waals surface area contributed by atoms with E-state index in [9.17, 15) is 4.79 Å². The van der Waals surface area contributed by atoms with E-state index in [1.54, 1.807) is 6.07 Å². The second-order valence-corrected chi connectivity index (χ2v) is 3.01. The van der Waals surface area contributed by atoms with E-state index in [4.69, 9.17) is 16.7 Å². The standard InChI is InChI=1S/C9H9ClO2.C2H6/c1-6-3-2-4-8(10)7(6)5-9(11)12;1-2/h2-4H,5H2,1H3,(H,11,12);1-2H3. The van der Waals surface area contributed by atoms with Gasteiger partial charge in [0.1, 0.15) is 0 Å². The van der Waals surface area contributed by atoms with E-state index >= 15 is 0 Å². The average Bonchev–Trinajstić information content (AvgIpc) is 2.15. The molecule has 1 aromatic rings. The molecule has 0 spiro atoms. The lowest BCUT2D eigenvalue weighted by atomic mass is 10.1. The Morgan fingerprint density at radius 3 is 2.43 bits per heavy atom. The van der Waals surface area contributed by atoms with Crippen LogP contribution < -0.4 is 0 Å². The summed E-state index contributed by atoms with van der Waals surface area (Å²) in [4.78, 5) is 10.4. The summed E-state index contributed by atoms with van der Waals surface area (Å²) in [6.07, 6.45) is -0.00843. The van der Waals surface area contributed by atoms with Crippen molar-refractivity contribution in [3.8, 4) is 0 Å². The molecular weight excluding hydrogens is 200 g/mol. The number of halogens is 1. The molecule has 0 heterocycles. The van der Waals surface area contributed by atoms with Gasteiger partial charge in [-0.15, -0.1) is 0 Å². The lowest BCUT2D eigenvalue weighted by molar-refractivity contribution is -0.136. The number of carbonyl (C=O) groups is 1. The lowest BCUT2D eigenvalue weighted by Gasteiger charge is -2.03. The summed E-state index contributed by atoms with van der Waals surface area (Å²) in [7, 11) is 0. The lowest BCUT2D eigenvalue weighted by Crippen LogP contribution is -2.02. The van der Waals surface area contributed by atoms with Crippen molar-refractivity contribution in [3.63, 3.8) is 0 Å². The molecule has 0 aliphatic heterocycles. The van der Waals surface area contributed by atoms with Crippen molar-refractivity contribution in [1.29, 1.82) is 0 Å². The maximum Gasteiger partial charge on any atom is 0.307 e. The Hall–Kier alpha value is -1.02. The van der Waals surface area contributed by atoms with Crippen LogP contribution in [0.15, 0.2) is 18.2 Å². The van der Waals surface area contributed by atoms with Gasteiger partial charge in [-0.05, 0) is 24.1 Å². The molecule has 2 nitrogen and oxygen atoms in total. The van der Waals surface area contributed by atoms with Crippen molar-refractivity contribution >= 4 is 17.6 Å². The first-order valence-electron chi connectivity index (χ1n) is 4.57. The quantitative estimate of drug-likeness (QED) is 0.820. The van der Waals surface area contributed by atoms with Crippen LogP contribution >= 0.6 is 11.6 Å². The zero-order chi connectivity index (χ0) is 11.1. The van der Waals surface area contributed by atoms with Gasteiger partial charge >= 0.3 is 5.97 Å². The molecular formula is C11H15ClO2. The van der Waals surface area contributed by atoms with Crippen LogP contribution in [0.5, 0.6) is 0 Å². The van der Waals surface area contributed by atoms with E-state index < -0.39 is 5.97 Å². The molecule has 0 aromatic heterocycles. The number of aryl methyl sites for hydroxylation is 1. The number of benzene rings is 1. The fourth-order valence-electron chi connectivity index (χ4n) is 1.04. The van der Waals surface area contributed by atoms with Crippen LogP contribution in [0.4, 0.5) is 0 Å². The number of carboxylic acid groups (broad SMARTS) is 1. The van der Waals surface area contributed by atoms with Crippen molar-refractivity contribution in [2.24, 2.45) is 0 Å². The van der Waals surface area contributed by atoms with Gasteiger partial charge in [0, 0.05) is 5.02 Å². The van der Waals surface area contributed by atoms with E-state index in [-0.39, 0.29) is 6.42 Å². The van der Waals surface area contributed by atoms with Crippen LogP contribution in [0.1, 0.15) is 25.0 Å². The first-order valence-corrected chi connectivity index (χ1v) is 4.95. The largest absolute Gasteiger partial charge is 0.481 e. The van der Waals surface area contributed by atoms with Crippen LogP contribution in [-0.2, 0) is 11.2 Å². The highest BCUT2D eigenvalue weighted by Gasteiger charge is 2.07. The zero-order valence-corrected chi connectivity index (χ0v) is 9.43. The molecule has 1 aromatic carbocycles. The maximum atomic E-state index is 10.4. The molecule has 3 heteroatoms. The van der Waals surface area contributed by atoms with Crippen molar-refractivity contribution in [2.45, 2.75) is 27.2 Å². The molecule has 0 saturated carbocycles. The third-order valence-electron chi connectivity index (χ3n) is 1.68. The molecule has 0 aliphatic carbocycles. The Morgan fingerprint density at radius 1 is 1.43 bits per heavy atom. The van der Waals surface area contributed by atoms with Crippen LogP contribution in [0, 0.1) is 6.92 Å². The SMILES string of the molecule is CC.Cc1cccc(Cl)c1CC(=O)O. The minimum absolute atomic E-state index is 0.00843. The molecule has 0 radical (unpaired) electrons. The molecule has 0 fully saturated rings. The number of carboxylic acids is 1. The number of rotatable bonds is 2. The van der Waals surface area contributed by atoms with E-state index in [0.29, 0.717) is 10.6 Å². The highest BCUT2D eigenvalue weighted by Crippen LogP contribution is 2.19. The molecule has 0 saturated heterocycles. The van der Waals surface area contributed by atoms with Crippen LogP contribution in [-0.4, -0.2) is 11.1 Å². The fraction of sp³-hybridized carbons (Fsp3) is 0.364. The summed E-state index contributed by atoms with van der Waals surface area (Å²) in [5, 5.41) is 9.08. The van der Waals surface area contributed by atoms with Gasteiger partial charge in [0.2, 0.25) is 0 Å². The van der Waals surface area contributed by atoms with E-state index in [1.165, 1.54) is 0 Å². The summed E-state index contributed by atoms with van der Waals surface area (Å²) in [5.74, 6) is -0.855. The fourth-order valence-corrected chi connectivity index (χ4v) is 1.33. The van der Waals surface area contributed by atoms with Gasteiger partial charge in [-0.1, -0.05) is 37.6 Å². The molecule has 1 N–H and O–H groups in total. The smallest absolute Gasteiger partial charge is 0.307 e. The molecule has 14 heavy (non-hydrogen) atoms. The minimum atomic E-state index is -0.855. The van der Waals surface area contributed by atoms with Crippen molar-refractivity contribution in [3.05, 3.63) is 34.3 Å². The van der Waals surface area contributed by atoms with Gasteiger partial charge in [0.25, 0.3) is 0 Å². The average molecular weight is 215 g/mol. The second kappa shape index (κ2) is 6.44. The number of hydrogen-bond donors (Lipinski definition) is 1. The first kappa shape index (κ1) is 13.0. The number of aliphatic carboxylic acids is 1. The Morgan fingerprint density at radius 2 is 2.00 bits per heavy atom. The van der Waals surface area contributed by atoms with Crippen molar-refractivity contribution in [2.75, 3.05) is 0 Å². The maximum absolute atomic E-state index is 10.4. The molecule has 0 unspecified atom stereocenters. The van der Waals surface area contributed by atoms with E-state index in [0.717, 1.165) is 5.56 Å². The van der Waals surface area contributed by atoms with Gasteiger partial charge in [-0.25, -0.2) is 0 Å². The summed E-state index contributed by atoms with van der Waals surface area (Å²) in [5.41, 5.74) is 1.62. The summed E-state index contributed by atoms with van der Waals surface area (Å²) < 4.78 is 0. The van der Waals surface area contributed by atoms with E-state index in [2.05, 4.69) is 0 Å². The van der Waals surface area contributed by atoms with Crippen molar-refractivity contribution < 1.29 is 9.90 Å². The Bertz CT molecular complexity index is 288. The summed E-state index contributed by atoms with van der Waals surface area (Å²) in [6.45, 7) is 5.85. The van der Waals surface area contributed by atoms with Gasteiger partial charge in [-0.3, -0.25) is 4.79 Å². The normalized spacial score (nSPS) is 8.86. The Balaban J connectivity index is 0.000000791. The summed E-state index contributed by atoms with van der Waals surface area (Å²) >= 11 is 5.81. The van der Waals surface area contributed by atoms with Crippen molar-refractivity contribution in [1.82, 2.24) is 0 Å². The highest BCUT2D eigenvalue weighted by atomic mass is 35.5. The minimum Gasteiger partial charge on any atom is -0.481 e. The van der Waals surface area contributed by atoms with Gasteiger partial charge in [0.05, 0.1) is 6.42 Å². The highest BCUT2D eigenvalue weighted by molar-refractivity contribution is 6.31. The van der Waals surface area contributed by atoms with Crippen LogP contribution in [0.3, 0.4) is 0 Å². The van der Waals surface area contributed by atoms with Crippen LogP contribution in [0.25, 0.3) is 0 Å². The zero-order valence-electron chi connectivity index (χ0n) is 8.67. The molecule has 78 valence electrons. The van der Waals surface area contributed by atoms with E-state index in [1.807, 2.05) is 32.9 Å². The third kappa shape index (κ3) is 3.79. The Labute approximate surface area is 89.5 Å². The molecule has 0 aliphatic rings. The first-order chi connectivity index (χ1) is 6.61. The molecule has 0 bridgehead atoms. The number of hydrogen-bond acceptors (Lipinski definition) is 1. The van der Waals surface area contributed by atoms with Gasteiger partial charge in [0.15, 0.2) is 0 Å². The van der Waals surface area contributed by atoms with Gasteiger partial charge in [-0.2, -0.15) is 0 Å². The molecule has 0 atom stereocenters. The predicted octanol–water partition coefficient (Wildman–Crippen LogP) is 3.30. The van der Waals surface area contributed by atoms with Crippen LogP contribution in [0.2, 0.25) is 5.02 Å². The molecule has 1 rings (SSSR count). The monoisotopic (exact) mass is 214 g/mol. The Kier molecular flexibility index (Phi) is 5.97. The topological polar surface area (TPSA) is 37.3 Å².